The Kier molecular flexibility index (Phi) is 4.08. The van der Waals surface area contributed by atoms with E-state index in [0.29, 0.717) is 24.0 Å². The van der Waals surface area contributed by atoms with Gasteiger partial charge in [0.1, 0.15) is 0 Å². The lowest BCUT2D eigenvalue weighted by Crippen LogP contribution is -2.20. The second-order valence-electron chi connectivity index (χ2n) is 5.83. The fourth-order valence-corrected chi connectivity index (χ4v) is 3.41. The molecule has 0 spiro atoms. The number of rotatable bonds is 4. The first-order valence-electron chi connectivity index (χ1n) is 7.60. The van der Waals surface area contributed by atoms with Crippen LogP contribution >= 0.6 is 0 Å². The molecule has 2 aromatic rings. The first-order valence-corrected chi connectivity index (χ1v) is 7.60. The molecule has 1 saturated carbocycles. The van der Waals surface area contributed by atoms with Crippen molar-refractivity contribution in [2.24, 2.45) is 11.8 Å². The minimum atomic E-state index is 0.292. The summed E-state index contributed by atoms with van der Waals surface area (Å²) in [6, 6.07) is 14.1. The molecule has 3 heteroatoms. The molecule has 0 radical (unpaired) electrons. The molecule has 21 heavy (non-hydrogen) atoms. The topological polar surface area (TPSA) is 56.0 Å². The minimum absolute atomic E-state index is 0.292. The van der Waals surface area contributed by atoms with Gasteiger partial charge in [-0.3, -0.25) is 0 Å². The van der Waals surface area contributed by atoms with E-state index in [2.05, 4.69) is 17.5 Å². The van der Waals surface area contributed by atoms with E-state index in [-0.39, 0.29) is 0 Å². The van der Waals surface area contributed by atoms with Gasteiger partial charge in [-0.2, -0.15) is 5.26 Å². The Morgan fingerprint density at radius 1 is 1.10 bits per heavy atom. The van der Waals surface area contributed by atoms with Crippen LogP contribution in [0.5, 0.6) is 0 Å². The van der Waals surface area contributed by atoms with E-state index in [0.717, 1.165) is 29.4 Å². The van der Waals surface area contributed by atoms with Gasteiger partial charge < -0.3 is 10.4 Å². The Morgan fingerprint density at radius 2 is 1.86 bits per heavy atom. The zero-order chi connectivity index (χ0) is 14.7. The fraction of sp³-hybridized carbons (Fsp3) is 0.389. The van der Waals surface area contributed by atoms with Gasteiger partial charge in [-0.05, 0) is 36.8 Å². The van der Waals surface area contributed by atoms with Crippen molar-refractivity contribution in [1.82, 2.24) is 0 Å². The maximum absolute atomic E-state index is 9.41. The average Bonchev–Trinajstić information content (AvgIpc) is 3.00. The molecule has 0 aromatic heterocycles. The van der Waals surface area contributed by atoms with Gasteiger partial charge in [0, 0.05) is 29.6 Å². The van der Waals surface area contributed by atoms with Crippen molar-refractivity contribution < 1.29 is 5.11 Å². The quantitative estimate of drug-likeness (QED) is 0.900. The molecule has 108 valence electrons. The number of benzene rings is 2. The highest BCUT2D eigenvalue weighted by molar-refractivity contribution is 5.97. The summed E-state index contributed by atoms with van der Waals surface area (Å²) in [5.74, 6) is 0.978. The van der Waals surface area contributed by atoms with Crippen LogP contribution in [0.4, 0.5) is 5.69 Å². The third-order valence-corrected chi connectivity index (χ3v) is 4.65. The predicted molar refractivity (Wildman–Crippen MR) is 85.1 cm³/mol. The molecule has 3 nitrogen and oxygen atoms in total. The summed E-state index contributed by atoms with van der Waals surface area (Å²) in [6.07, 6.45) is 3.54. The lowest BCUT2D eigenvalue weighted by atomic mass is 9.96. The van der Waals surface area contributed by atoms with Gasteiger partial charge in [0.2, 0.25) is 0 Å². The minimum Gasteiger partial charge on any atom is -0.396 e. The van der Waals surface area contributed by atoms with Crippen molar-refractivity contribution in [1.29, 1.82) is 5.26 Å². The van der Waals surface area contributed by atoms with Gasteiger partial charge in [0.15, 0.2) is 0 Å². The first-order chi connectivity index (χ1) is 10.3. The molecule has 3 rings (SSSR count). The van der Waals surface area contributed by atoms with Crippen molar-refractivity contribution in [2.75, 3.05) is 18.5 Å². The molecule has 0 amide bonds. The van der Waals surface area contributed by atoms with Gasteiger partial charge in [-0.1, -0.05) is 30.7 Å². The van der Waals surface area contributed by atoms with Crippen LogP contribution in [0, 0.1) is 23.2 Å². The lowest BCUT2D eigenvalue weighted by molar-refractivity contribution is 0.199. The van der Waals surface area contributed by atoms with E-state index in [1.807, 2.05) is 30.3 Å². The number of aliphatic hydroxyl groups excluding tert-OH is 1. The maximum atomic E-state index is 9.41. The SMILES string of the molecule is N#Cc1ccc(NCC2CCCC2CO)c2ccccc12. The standard InChI is InChI=1S/C18H20N2O/c19-10-13-8-9-18(17-7-2-1-6-16(13)17)20-11-14-4-3-5-15(14)12-21/h1-2,6-9,14-15,20-21H,3-5,11-12H2. The van der Waals surface area contributed by atoms with Crippen molar-refractivity contribution in [3.05, 3.63) is 42.0 Å². The van der Waals surface area contributed by atoms with Crippen LogP contribution in [-0.2, 0) is 0 Å². The number of nitrogens with zero attached hydrogens (tertiary/aromatic N) is 1. The van der Waals surface area contributed by atoms with E-state index in [1.54, 1.807) is 0 Å². The molecule has 0 saturated heterocycles. The summed E-state index contributed by atoms with van der Waals surface area (Å²) in [7, 11) is 0. The molecule has 2 N–H and O–H groups in total. The number of hydrogen-bond acceptors (Lipinski definition) is 3. The van der Waals surface area contributed by atoms with Crippen LogP contribution in [0.15, 0.2) is 36.4 Å². The van der Waals surface area contributed by atoms with E-state index >= 15 is 0 Å². The summed E-state index contributed by atoms with van der Waals surface area (Å²) in [5, 5.41) is 24.2. The Morgan fingerprint density at radius 3 is 2.62 bits per heavy atom. The number of hydrogen-bond donors (Lipinski definition) is 2. The van der Waals surface area contributed by atoms with E-state index in [9.17, 15) is 10.4 Å². The fourth-order valence-electron chi connectivity index (χ4n) is 3.41. The molecule has 0 aliphatic heterocycles. The Balaban J connectivity index is 1.83. The largest absolute Gasteiger partial charge is 0.396 e. The van der Waals surface area contributed by atoms with Gasteiger partial charge >= 0.3 is 0 Å². The highest BCUT2D eigenvalue weighted by atomic mass is 16.3. The van der Waals surface area contributed by atoms with Crippen molar-refractivity contribution in [2.45, 2.75) is 19.3 Å². The monoisotopic (exact) mass is 280 g/mol. The summed E-state index contributed by atoms with van der Waals surface area (Å²) in [5.41, 5.74) is 1.79. The Labute approximate surface area is 125 Å². The highest BCUT2D eigenvalue weighted by Gasteiger charge is 2.26. The van der Waals surface area contributed by atoms with E-state index in [4.69, 9.17) is 0 Å². The van der Waals surface area contributed by atoms with Crippen LogP contribution in [0.2, 0.25) is 0 Å². The van der Waals surface area contributed by atoms with Gasteiger partial charge in [-0.15, -0.1) is 0 Å². The van der Waals surface area contributed by atoms with E-state index < -0.39 is 0 Å². The molecule has 0 bridgehead atoms. The van der Waals surface area contributed by atoms with Gasteiger partial charge in [0.25, 0.3) is 0 Å². The van der Waals surface area contributed by atoms with Crippen LogP contribution in [0.1, 0.15) is 24.8 Å². The summed E-state index contributed by atoms with van der Waals surface area (Å²) in [4.78, 5) is 0. The number of nitrogens with one attached hydrogen (secondary N) is 1. The third kappa shape index (κ3) is 2.72. The first kappa shape index (κ1) is 13.9. The summed E-state index contributed by atoms with van der Waals surface area (Å²) in [6.45, 7) is 1.18. The summed E-state index contributed by atoms with van der Waals surface area (Å²) >= 11 is 0. The molecular weight excluding hydrogens is 260 g/mol. The summed E-state index contributed by atoms with van der Waals surface area (Å²) < 4.78 is 0. The molecule has 2 aromatic carbocycles. The van der Waals surface area contributed by atoms with Gasteiger partial charge in [0.05, 0.1) is 11.6 Å². The zero-order valence-corrected chi connectivity index (χ0v) is 12.0. The lowest BCUT2D eigenvalue weighted by Gasteiger charge is -2.19. The molecule has 1 aliphatic rings. The molecule has 2 unspecified atom stereocenters. The number of aliphatic hydroxyl groups is 1. The number of nitriles is 1. The van der Waals surface area contributed by atoms with E-state index in [1.165, 1.54) is 12.8 Å². The third-order valence-electron chi connectivity index (χ3n) is 4.65. The normalized spacial score (nSPS) is 21.3. The van der Waals surface area contributed by atoms with Crippen molar-refractivity contribution >= 4 is 16.5 Å². The van der Waals surface area contributed by atoms with Crippen LogP contribution in [0.25, 0.3) is 10.8 Å². The molecule has 1 aliphatic carbocycles. The molecule has 1 fully saturated rings. The van der Waals surface area contributed by atoms with Crippen LogP contribution < -0.4 is 5.32 Å². The Hall–Kier alpha value is -2.05. The average molecular weight is 280 g/mol. The smallest absolute Gasteiger partial charge is 0.0998 e. The maximum Gasteiger partial charge on any atom is 0.0998 e. The molecule has 2 atom stereocenters. The number of fused-ring (bicyclic) bond motifs is 1. The second-order valence-corrected chi connectivity index (χ2v) is 5.83. The second kappa shape index (κ2) is 6.15. The van der Waals surface area contributed by atoms with Crippen LogP contribution in [-0.4, -0.2) is 18.3 Å². The highest BCUT2D eigenvalue weighted by Crippen LogP contribution is 2.32. The van der Waals surface area contributed by atoms with Crippen molar-refractivity contribution in [3.63, 3.8) is 0 Å². The molecule has 0 heterocycles. The van der Waals surface area contributed by atoms with Gasteiger partial charge in [-0.25, -0.2) is 0 Å². The predicted octanol–water partition coefficient (Wildman–Crippen LogP) is 3.53. The zero-order valence-electron chi connectivity index (χ0n) is 12.0. The number of anilines is 1. The van der Waals surface area contributed by atoms with Crippen LogP contribution in [0.3, 0.4) is 0 Å². The van der Waals surface area contributed by atoms with Crippen molar-refractivity contribution in [3.8, 4) is 6.07 Å². The molecular formula is C18H20N2O. The Bertz CT molecular complexity index is 674.